The number of allylic oxidation sites excluding steroid dienone is 3. The van der Waals surface area contributed by atoms with E-state index in [9.17, 15) is 5.11 Å². The summed E-state index contributed by atoms with van der Waals surface area (Å²) in [5, 5.41) is 9.67. The lowest BCUT2D eigenvalue weighted by Crippen LogP contribution is -2.25. The molecule has 1 aliphatic rings. The molecule has 0 heterocycles. The molecule has 1 rings (SSSR count). The van der Waals surface area contributed by atoms with E-state index in [1.807, 2.05) is 6.92 Å². The number of hydrogen-bond acceptors (Lipinski definition) is 1. The van der Waals surface area contributed by atoms with Gasteiger partial charge in [0.15, 0.2) is 0 Å². The first-order valence-corrected chi connectivity index (χ1v) is 6.22. The summed E-state index contributed by atoms with van der Waals surface area (Å²) in [6.07, 6.45) is 7.63. The molecule has 0 aliphatic heterocycles. The van der Waals surface area contributed by atoms with Gasteiger partial charge in [0.05, 0.1) is 6.10 Å². The van der Waals surface area contributed by atoms with Gasteiger partial charge in [-0.2, -0.15) is 0 Å². The Morgan fingerprint density at radius 1 is 1.50 bits per heavy atom. The molecule has 0 bridgehead atoms. The molecule has 16 heavy (non-hydrogen) atoms. The van der Waals surface area contributed by atoms with Crippen LogP contribution in [0.15, 0.2) is 23.8 Å². The maximum atomic E-state index is 9.67. The van der Waals surface area contributed by atoms with Gasteiger partial charge in [0.1, 0.15) is 0 Å². The van der Waals surface area contributed by atoms with Crippen LogP contribution in [0.25, 0.3) is 0 Å². The van der Waals surface area contributed by atoms with E-state index in [4.69, 9.17) is 0 Å². The lowest BCUT2D eigenvalue weighted by atomic mass is 9.76. The van der Waals surface area contributed by atoms with Crippen molar-refractivity contribution in [3.05, 3.63) is 23.8 Å². The highest BCUT2D eigenvalue weighted by atomic mass is 16.3. The van der Waals surface area contributed by atoms with Crippen LogP contribution in [0.3, 0.4) is 0 Å². The fraction of sp³-hybridized carbons (Fsp3) is 0.733. The maximum Gasteiger partial charge on any atom is 0.0597 e. The van der Waals surface area contributed by atoms with Crippen molar-refractivity contribution >= 4 is 0 Å². The predicted octanol–water partition coefficient (Wildman–Crippen LogP) is 3.94. The van der Waals surface area contributed by atoms with Gasteiger partial charge in [-0.15, -0.1) is 0 Å². The third kappa shape index (κ3) is 2.57. The van der Waals surface area contributed by atoms with Crippen LogP contribution >= 0.6 is 0 Å². The fourth-order valence-electron chi connectivity index (χ4n) is 1.98. The van der Waals surface area contributed by atoms with Gasteiger partial charge in [0, 0.05) is 5.41 Å². The predicted molar refractivity (Wildman–Crippen MR) is 70.2 cm³/mol. The number of rotatable bonds is 3. The van der Waals surface area contributed by atoms with Crippen molar-refractivity contribution in [2.75, 3.05) is 0 Å². The molecule has 92 valence electrons. The summed E-state index contributed by atoms with van der Waals surface area (Å²) in [6, 6.07) is 0. The molecule has 0 radical (unpaired) electrons. The molecular weight excluding hydrogens is 196 g/mol. The molecule has 0 fully saturated rings. The van der Waals surface area contributed by atoms with Crippen molar-refractivity contribution < 1.29 is 5.11 Å². The summed E-state index contributed by atoms with van der Waals surface area (Å²) in [5.74, 6) is 0.575. The van der Waals surface area contributed by atoms with E-state index in [-0.39, 0.29) is 16.9 Å². The van der Waals surface area contributed by atoms with Crippen LogP contribution in [0.1, 0.15) is 48.0 Å². The zero-order chi connectivity index (χ0) is 12.6. The van der Waals surface area contributed by atoms with Crippen molar-refractivity contribution in [3.8, 4) is 0 Å². The van der Waals surface area contributed by atoms with Gasteiger partial charge in [-0.1, -0.05) is 51.5 Å². The summed E-state index contributed by atoms with van der Waals surface area (Å²) in [5.41, 5.74) is 1.62. The van der Waals surface area contributed by atoms with Crippen LogP contribution in [-0.4, -0.2) is 11.2 Å². The van der Waals surface area contributed by atoms with Crippen molar-refractivity contribution in [1.82, 2.24) is 0 Å². The lowest BCUT2D eigenvalue weighted by molar-refractivity contribution is 0.0989. The zero-order valence-corrected chi connectivity index (χ0v) is 11.5. The van der Waals surface area contributed by atoms with Crippen LogP contribution in [0.2, 0.25) is 0 Å². The molecule has 0 aromatic rings. The summed E-state index contributed by atoms with van der Waals surface area (Å²) < 4.78 is 0. The minimum atomic E-state index is -0.303. The molecule has 1 heteroatoms. The maximum absolute atomic E-state index is 9.67. The molecule has 1 nitrogen and oxygen atoms in total. The third-order valence-corrected chi connectivity index (χ3v) is 4.46. The van der Waals surface area contributed by atoms with E-state index >= 15 is 0 Å². The molecular formula is C15H26O. The van der Waals surface area contributed by atoms with Crippen LogP contribution in [0.4, 0.5) is 0 Å². The lowest BCUT2D eigenvalue weighted by Gasteiger charge is -2.29. The SMILES string of the molecule is CC1=CC[C@@H](/C=C/C(C)(C)C(C)O)C1(C)C. The summed E-state index contributed by atoms with van der Waals surface area (Å²) in [7, 11) is 0. The Morgan fingerprint density at radius 2 is 2.06 bits per heavy atom. The summed E-state index contributed by atoms with van der Waals surface area (Å²) in [4.78, 5) is 0. The Kier molecular flexibility index (Phi) is 3.69. The minimum absolute atomic E-state index is 0.132. The molecule has 0 saturated carbocycles. The minimum Gasteiger partial charge on any atom is -0.393 e. The van der Waals surface area contributed by atoms with Gasteiger partial charge in [-0.25, -0.2) is 0 Å². The Labute approximate surface area is 100 Å². The van der Waals surface area contributed by atoms with E-state index in [0.717, 1.165) is 6.42 Å². The number of aliphatic hydroxyl groups excluding tert-OH is 1. The highest BCUT2D eigenvalue weighted by molar-refractivity contribution is 5.22. The Hall–Kier alpha value is -0.560. The zero-order valence-electron chi connectivity index (χ0n) is 11.5. The highest BCUT2D eigenvalue weighted by Gasteiger charge is 2.33. The number of hydrogen-bond donors (Lipinski definition) is 1. The second-order valence-electron chi connectivity index (χ2n) is 6.31. The van der Waals surface area contributed by atoms with Gasteiger partial charge in [-0.05, 0) is 31.6 Å². The summed E-state index contributed by atoms with van der Waals surface area (Å²) in [6.45, 7) is 12.8. The van der Waals surface area contributed by atoms with Crippen LogP contribution in [0, 0.1) is 16.7 Å². The Morgan fingerprint density at radius 3 is 2.44 bits per heavy atom. The summed E-state index contributed by atoms with van der Waals surface area (Å²) >= 11 is 0. The molecule has 2 atom stereocenters. The van der Waals surface area contributed by atoms with Gasteiger partial charge < -0.3 is 5.11 Å². The van der Waals surface area contributed by atoms with E-state index in [1.165, 1.54) is 5.57 Å². The monoisotopic (exact) mass is 222 g/mol. The van der Waals surface area contributed by atoms with Gasteiger partial charge >= 0.3 is 0 Å². The van der Waals surface area contributed by atoms with Crippen molar-refractivity contribution in [3.63, 3.8) is 0 Å². The van der Waals surface area contributed by atoms with Gasteiger partial charge in [0.25, 0.3) is 0 Å². The molecule has 1 unspecified atom stereocenters. The van der Waals surface area contributed by atoms with E-state index in [1.54, 1.807) is 0 Å². The topological polar surface area (TPSA) is 20.2 Å². The molecule has 1 aliphatic carbocycles. The standard InChI is InChI=1S/C15H26O/c1-11-7-8-13(15(11,5)6)9-10-14(3,4)12(2)16/h7,9-10,12-13,16H,8H2,1-6H3/b10-9+/t12?,13-/m0/s1. The average Bonchev–Trinajstić information content (AvgIpc) is 2.39. The van der Waals surface area contributed by atoms with E-state index in [0.29, 0.717) is 5.92 Å². The second kappa shape index (κ2) is 4.37. The van der Waals surface area contributed by atoms with Gasteiger partial charge in [0.2, 0.25) is 0 Å². The quantitative estimate of drug-likeness (QED) is 0.717. The van der Waals surface area contributed by atoms with Gasteiger partial charge in [-0.3, -0.25) is 0 Å². The second-order valence-corrected chi connectivity index (χ2v) is 6.31. The molecule has 0 spiro atoms. The Bertz CT molecular complexity index is 305. The first-order chi connectivity index (χ1) is 7.18. The molecule has 0 aromatic carbocycles. The molecule has 1 N–H and O–H groups in total. The fourth-order valence-corrected chi connectivity index (χ4v) is 1.98. The van der Waals surface area contributed by atoms with Crippen molar-refractivity contribution in [2.24, 2.45) is 16.7 Å². The first kappa shape index (κ1) is 13.5. The molecule has 0 saturated heterocycles. The normalized spacial score (nSPS) is 27.2. The van der Waals surface area contributed by atoms with Crippen LogP contribution in [-0.2, 0) is 0 Å². The number of aliphatic hydroxyl groups is 1. The van der Waals surface area contributed by atoms with Crippen LogP contribution < -0.4 is 0 Å². The Balaban J connectivity index is 2.74. The smallest absolute Gasteiger partial charge is 0.0597 e. The van der Waals surface area contributed by atoms with Crippen molar-refractivity contribution in [2.45, 2.75) is 54.1 Å². The molecule has 0 aromatic heterocycles. The first-order valence-electron chi connectivity index (χ1n) is 6.22. The molecule has 0 amide bonds. The van der Waals surface area contributed by atoms with E-state index in [2.05, 4.69) is 52.8 Å². The largest absolute Gasteiger partial charge is 0.393 e. The third-order valence-electron chi connectivity index (χ3n) is 4.46. The highest BCUT2D eigenvalue weighted by Crippen LogP contribution is 2.44. The van der Waals surface area contributed by atoms with Crippen LogP contribution in [0.5, 0.6) is 0 Å². The van der Waals surface area contributed by atoms with Crippen molar-refractivity contribution in [1.29, 1.82) is 0 Å². The average molecular weight is 222 g/mol. The van der Waals surface area contributed by atoms with E-state index < -0.39 is 0 Å².